The lowest BCUT2D eigenvalue weighted by Crippen LogP contribution is -2.37. The normalized spacial score (nSPS) is 19.8. The zero-order valence-corrected chi connectivity index (χ0v) is 20.4. The zero-order valence-electron chi connectivity index (χ0n) is 20.4. The fourth-order valence-corrected chi connectivity index (χ4v) is 4.54. The zero-order chi connectivity index (χ0) is 22.1. The molecule has 2 atom stereocenters. The van der Waals surface area contributed by atoms with Crippen molar-refractivity contribution in [3.8, 4) is 11.5 Å². The van der Waals surface area contributed by atoms with Crippen LogP contribution in [0.15, 0.2) is 18.2 Å². The second-order valence-corrected chi connectivity index (χ2v) is 10.2. The van der Waals surface area contributed by atoms with Gasteiger partial charge in [0.2, 0.25) is 0 Å². The van der Waals surface area contributed by atoms with Gasteiger partial charge < -0.3 is 19.5 Å². The number of ether oxygens (including phenoxy) is 3. The summed E-state index contributed by atoms with van der Waals surface area (Å²) in [6, 6.07) is 6.23. The van der Waals surface area contributed by atoms with Crippen molar-refractivity contribution in [1.82, 2.24) is 5.32 Å². The van der Waals surface area contributed by atoms with Gasteiger partial charge in [0.15, 0.2) is 11.5 Å². The van der Waals surface area contributed by atoms with Gasteiger partial charge in [0.25, 0.3) is 0 Å². The summed E-state index contributed by atoms with van der Waals surface area (Å²) in [5, 5.41) is 3.66. The van der Waals surface area contributed by atoms with Crippen LogP contribution in [0.3, 0.4) is 0 Å². The first-order valence-corrected chi connectivity index (χ1v) is 11.9. The van der Waals surface area contributed by atoms with E-state index < -0.39 is 0 Å². The van der Waals surface area contributed by atoms with Gasteiger partial charge in [0, 0.05) is 13.2 Å². The molecule has 0 unspecified atom stereocenters. The summed E-state index contributed by atoms with van der Waals surface area (Å²) in [4.78, 5) is 0. The topological polar surface area (TPSA) is 39.7 Å². The van der Waals surface area contributed by atoms with E-state index in [-0.39, 0.29) is 11.7 Å². The van der Waals surface area contributed by atoms with E-state index in [0.29, 0.717) is 0 Å². The molecular formula is C26H45NO3. The number of methoxy groups -OCH3 is 1. The molecule has 1 aromatic rings. The monoisotopic (exact) mass is 419 g/mol. The van der Waals surface area contributed by atoms with Crippen molar-refractivity contribution >= 4 is 0 Å². The first kappa shape index (κ1) is 25.0. The van der Waals surface area contributed by atoms with Crippen LogP contribution in [0.25, 0.3) is 0 Å². The molecule has 172 valence electrons. The van der Waals surface area contributed by atoms with Gasteiger partial charge in [-0.1, -0.05) is 26.3 Å². The fraction of sp³-hybridized carbons (Fsp3) is 0.769. The van der Waals surface area contributed by atoms with Gasteiger partial charge in [0.1, 0.15) is 0 Å². The molecule has 1 heterocycles. The molecular weight excluding hydrogens is 374 g/mol. The van der Waals surface area contributed by atoms with Crippen LogP contribution in [0.5, 0.6) is 11.5 Å². The lowest BCUT2D eigenvalue weighted by Gasteiger charge is -2.39. The van der Waals surface area contributed by atoms with Crippen LogP contribution in [0.2, 0.25) is 0 Å². The highest BCUT2D eigenvalue weighted by atomic mass is 16.5. The molecule has 0 bridgehead atoms. The minimum atomic E-state index is 0.0305. The van der Waals surface area contributed by atoms with Crippen LogP contribution in [-0.2, 0) is 11.3 Å². The van der Waals surface area contributed by atoms with E-state index in [0.717, 1.165) is 48.9 Å². The molecule has 0 amide bonds. The summed E-state index contributed by atoms with van der Waals surface area (Å²) in [5.74, 6) is 3.95. The van der Waals surface area contributed by atoms with Crippen LogP contribution in [0.1, 0.15) is 79.2 Å². The molecule has 1 aliphatic heterocycles. The predicted octanol–water partition coefficient (Wildman–Crippen LogP) is 6.22. The molecule has 1 fully saturated rings. The van der Waals surface area contributed by atoms with Gasteiger partial charge >= 0.3 is 0 Å². The molecule has 1 saturated heterocycles. The smallest absolute Gasteiger partial charge is 0.161 e. The molecule has 30 heavy (non-hydrogen) atoms. The first-order chi connectivity index (χ1) is 14.2. The second kappa shape index (κ2) is 12.0. The van der Waals surface area contributed by atoms with Crippen molar-refractivity contribution < 1.29 is 14.2 Å². The van der Waals surface area contributed by atoms with Crippen molar-refractivity contribution in [3.05, 3.63) is 23.8 Å². The molecule has 0 radical (unpaired) electrons. The average Bonchev–Trinajstić information content (AvgIpc) is 2.66. The van der Waals surface area contributed by atoms with Crippen molar-refractivity contribution in [2.45, 2.75) is 91.9 Å². The van der Waals surface area contributed by atoms with Crippen molar-refractivity contribution in [2.24, 2.45) is 17.8 Å². The molecule has 1 aromatic carbocycles. The molecule has 2 rings (SSSR count). The third-order valence-electron chi connectivity index (χ3n) is 6.13. The van der Waals surface area contributed by atoms with E-state index in [1.54, 1.807) is 7.11 Å². The average molecular weight is 420 g/mol. The van der Waals surface area contributed by atoms with Gasteiger partial charge in [-0.3, -0.25) is 0 Å². The third kappa shape index (κ3) is 8.47. The van der Waals surface area contributed by atoms with E-state index in [2.05, 4.69) is 45.1 Å². The van der Waals surface area contributed by atoms with E-state index in [4.69, 9.17) is 14.2 Å². The van der Waals surface area contributed by atoms with Gasteiger partial charge in [-0.05, 0) is 95.4 Å². The number of benzene rings is 1. The maximum absolute atomic E-state index is 5.97. The summed E-state index contributed by atoms with van der Waals surface area (Å²) in [6.45, 7) is 16.0. The Morgan fingerprint density at radius 2 is 1.87 bits per heavy atom. The molecule has 4 heteroatoms. The maximum atomic E-state index is 5.97. The van der Waals surface area contributed by atoms with Gasteiger partial charge in [-0.25, -0.2) is 0 Å². The minimum Gasteiger partial charge on any atom is -0.493 e. The highest BCUT2D eigenvalue weighted by molar-refractivity contribution is 5.43. The number of rotatable bonds is 12. The van der Waals surface area contributed by atoms with Crippen LogP contribution in [0.4, 0.5) is 0 Å². The molecule has 0 spiro atoms. The van der Waals surface area contributed by atoms with Crippen molar-refractivity contribution in [1.29, 1.82) is 0 Å². The molecule has 0 saturated carbocycles. The van der Waals surface area contributed by atoms with Gasteiger partial charge in [0.05, 0.1) is 18.8 Å². The van der Waals surface area contributed by atoms with Gasteiger partial charge in [-0.2, -0.15) is 0 Å². The van der Waals surface area contributed by atoms with Gasteiger partial charge in [-0.15, -0.1) is 0 Å². The summed E-state index contributed by atoms with van der Waals surface area (Å²) in [6.07, 6.45) is 6.41. The summed E-state index contributed by atoms with van der Waals surface area (Å²) >= 11 is 0. The minimum absolute atomic E-state index is 0.0305. The Labute approximate surface area is 185 Å². The Hall–Kier alpha value is -1.26. The molecule has 0 aliphatic carbocycles. The highest BCUT2D eigenvalue weighted by Crippen LogP contribution is 2.37. The Bertz CT molecular complexity index is 627. The number of nitrogens with one attached hydrogen (secondary N) is 1. The summed E-state index contributed by atoms with van der Waals surface area (Å²) < 4.78 is 17.3. The molecule has 1 aliphatic rings. The highest BCUT2D eigenvalue weighted by Gasteiger charge is 2.33. The maximum Gasteiger partial charge on any atom is 0.161 e. The second-order valence-electron chi connectivity index (χ2n) is 10.2. The number of hydrogen-bond acceptors (Lipinski definition) is 4. The summed E-state index contributed by atoms with van der Waals surface area (Å²) in [7, 11) is 1.70. The van der Waals surface area contributed by atoms with Crippen LogP contribution < -0.4 is 14.8 Å². The molecule has 0 aromatic heterocycles. The molecule has 4 nitrogen and oxygen atoms in total. The predicted molar refractivity (Wildman–Crippen MR) is 125 cm³/mol. The quantitative estimate of drug-likeness (QED) is 0.408. The van der Waals surface area contributed by atoms with E-state index >= 15 is 0 Å². The van der Waals surface area contributed by atoms with Crippen LogP contribution in [-0.4, -0.2) is 32.0 Å². The molecule has 1 N–H and O–H groups in total. The Morgan fingerprint density at radius 1 is 1.10 bits per heavy atom. The Morgan fingerprint density at radius 3 is 2.50 bits per heavy atom. The van der Waals surface area contributed by atoms with Crippen molar-refractivity contribution in [3.63, 3.8) is 0 Å². The summed E-state index contributed by atoms with van der Waals surface area (Å²) in [5.41, 5.74) is 1.26. The van der Waals surface area contributed by atoms with E-state index in [1.165, 1.54) is 37.7 Å². The van der Waals surface area contributed by atoms with E-state index in [9.17, 15) is 0 Å². The van der Waals surface area contributed by atoms with E-state index in [1.807, 2.05) is 19.9 Å². The van der Waals surface area contributed by atoms with Crippen LogP contribution in [0, 0.1) is 17.8 Å². The fourth-order valence-electron chi connectivity index (χ4n) is 4.54. The van der Waals surface area contributed by atoms with Crippen molar-refractivity contribution in [2.75, 3.05) is 20.3 Å². The van der Waals surface area contributed by atoms with Crippen LogP contribution >= 0.6 is 0 Å². The lowest BCUT2D eigenvalue weighted by molar-refractivity contribution is -0.0839. The Balaban J connectivity index is 1.88. The SMILES string of the molecule is COc1cc(CNCC[C@H](CCC(C)C)[C@H]2CCOC(C)(C)C2)ccc1OC(C)C. The lowest BCUT2D eigenvalue weighted by atomic mass is 9.75. The largest absolute Gasteiger partial charge is 0.493 e. The third-order valence-corrected chi connectivity index (χ3v) is 6.13. The Kier molecular flexibility index (Phi) is 9.96. The number of hydrogen-bond donors (Lipinski definition) is 1. The standard InChI is InChI=1S/C26H45NO3/c1-19(2)8-10-22(23-13-15-29-26(5,6)17-23)12-14-27-18-21-9-11-24(30-20(3)4)25(16-21)28-7/h9,11,16,19-20,22-23,27H,8,10,12-15,17-18H2,1-7H3/t22-,23-/m0/s1. The first-order valence-electron chi connectivity index (χ1n) is 11.9.